The van der Waals surface area contributed by atoms with Crippen molar-refractivity contribution >= 4 is 27.5 Å². The van der Waals surface area contributed by atoms with Crippen LogP contribution in [0.2, 0.25) is 0 Å². The Balaban J connectivity index is 1.96. The number of benzene rings is 3. The molecule has 0 spiro atoms. The molecule has 35 heavy (non-hydrogen) atoms. The molecule has 0 atom stereocenters. The van der Waals surface area contributed by atoms with Crippen molar-refractivity contribution in [3.63, 3.8) is 0 Å². The molecule has 0 fully saturated rings. The quantitative estimate of drug-likeness (QED) is 0.374. The van der Waals surface area contributed by atoms with Crippen molar-refractivity contribution < 1.29 is 4.79 Å². The van der Waals surface area contributed by atoms with Gasteiger partial charge in [0.15, 0.2) is 0 Å². The molecule has 6 nitrogen and oxygen atoms in total. The zero-order valence-corrected chi connectivity index (χ0v) is 20.0. The Labute approximate surface area is 203 Å². The first-order valence-electron chi connectivity index (χ1n) is 11.8. The minimum atomic E-state index is -0.368. The Bertz CT molecular complexity index is 1630. The van der Waals surface area contributed by atoms with Gasteiger partial charge in [-0.25, -0.2) is 5.43 Å². The second-order valence-electron chi connectivity index (χ2n) is 8.56. The lowest BCUT2D eigenvalue weighted by Gasteiger charge is -2.18. The molecule has 5 aromatic rings. The average Bonchev–Trinajstić information content (AvgIpc) is 2.89. The molecular formula is C29H26N4O2. The van der Waals surface area contributed by atoms with Crippen LogP contribution in [0.25, 0.3) is 43.9 Å². The number of fused-ring (bicyclic) bond motifs is 2. The van der Waals surface area contributed by atoms with E-state index in [-0.39, 0.29) is 11.5 Å². The maximum atomic E-state index is 13.5. The molecule has 6 heteroatoms. The summed E-state index contributed by atoms with van der Waals surface area (Å²) in [4.78, 5) is 30.7. The van der Waals surface area contributed by atoms with E-state index >= 15 is 0 Å². The van der Waals surface area contributed by atoms with E-state index in [0.717, 1.165) is 56.0 Å². The van der Waals surface area contributed by atoms with Crippen LogP contribution in [0.4, 0.5) is 0 Å². The van der Waals surface area contributed by atoms with Gasteiger partial charge in [-0.15, -0.1) is 9.89 Å². The van der Waals surface area contributed by atoms with E-state index in [2.05, 4.69) is 48.5 Å². The second kappa shape index (κ2) is 9.14. The fourth-order valence-corrected chi connectivity index (χ4v) is 4.65. The topological polar surface area (TPSA) is 76.9 Å². The molecule has 3 aromatic carbocycles. The summed E-state index contributed by atoms with van der Waals surface area (Å²) in [6.45, 7) is 5.61. The third kappa shape index (κ3) is 3.97. The third-order valence-electron chi connectivity index (χ3n) is 6.38. The van der Waals surface area contributed by atoms with Gasteiger partial charge in [-0.05, 0) is 52.6 Å². The van der Waals surface area contributed by atoms with Crippen LogP contribution in [0.5, 0.6) is 0 Å². The largest absolute Gasteiger partial charge is 0.294 e. The van der Waals surface area contributed by atoms with Crippen LogP contribution < -0.4 is 11.0 Å². The van der Waals surface area contributed by atoms with Gasteiger partial charge in [-0.3, -0.25) is 14.6 Å². The van der Waals surface area contributed by atoms with Gasteiger partial charge >= 0.3 is 0 Å². The minimum Gasteiger partial charge on any atom is -0.274 e. The Morgan fingerprint density at radius 3 is 2.46 bits per heavy atom. The maximum Gasteiger partial charge on any atom is 0.294 e. The van der Waals surface area contributed by atoms with Crippen LogP contribution in [0.15, 0.2) is 77.9 Å². The molecule has 1 N–H and O–H groups in total. The summed E-state index contributed by atoms with van der Waals surface area (Å²) in [5.74, 6) is -0.368. The summed E-state index contributed by atoms with van der Waals surface area (Å²) < 4.78 is 0. The van der Waals surface area contributed by atoms with Crippen molar-refractivity contribution in [2.24, 2.45) is 0 Å². The van der Waals surface area contributed by atoms with Crippen molar-refractivity contribution in [2.75, 3.05) is 5.43 Å². The van der Waals surface area contributed by atoms with Crippen molar-refractivity contribution in [3.8, 4) is 22.4 Å². The van der Waals surface area contributed by atoms with Crippen LogP contribution in [-0.4, -0.2) is 20.8 Å². The molecule has 0 saturated carbocycles. The van der Waals surface area contributed by atoms with Gasteiger partial charge in [-0.2, -0.15) is 0 Å². The zero-order valence-electron chi connectivity index (χ0n) is 20.0. The fraction of sp³-hybridized carbons (Fsp3) is 0.172. The molecule has 0 bridgehead atoms. The zero-order chi connectivity index (χ0) is 24.5. The second-order valence-corrected chi connectivity index (χ2v) is 8.56. The van der Waals surface area contributed by atoms with E-state index < -0.39 is 0 Å². The number of carbonyl (C=O) groups excluding carboxylic acids is 1. The predicted molar refractivity (Wildman–Crippen MR) is 141 cm³/mol. The molecule has 0 unspecified atom stereocenters. The first-order chi connectivity index (χ1) is 17.0. The van der Waals surface area contributed by atoms with Crippen molar-refractivity contribution in [1.82, 2.24) is 14.9 Å². The highest BCUT2D eigenvalue weighted by atomic mass is 16.2. The van der Waals surface area contributed by atoms with Gasteiger partial charge in [0.1, 0.15) is 5.69 Å². The van der Waals surface area contributed by atoms with Crippen molar-refractivity contribution in [2.45, 2.75) is 33.6 Å². The summed E-state index contributed by atoms with van der Waals surface area (Å²) >= 11 is 0. The Morgan fingerprint density at radius 1 is 0.943 bits per heavy atom. The molecule has 0 saturated heterocycles. The molecular weight excluding hydrogens is 436 g/mol. The van der Waals surface area contributed by atoms with Gasteiger partial charge in [0, 0.05) is 35.7 Å². The predicted octanol–water partition coefficient (Wildman–Crippen LogP) is 5.49. The summed E-state index contributed by atoms with van der Waals surface area (Å²) in [5.41, 5.74) is 8.11. The summed E-state index contributed by atoms with van der Waals surface area (Å²) in [7, 11) is 0. The van der Waals surface area contributed by atoms with Gasteiger partial charge in [-0.1, -0.05) is 62.4 Å². The van der Waals surface area contributed by atoms with Crippen LogP contribution in [0.1, 0.15) is 31.9 Å². The summed E-state index contributed by atoms with van der Waals surface area (Å²) in [6, 6.07) is 20.2. The molecule has 0 aliphatic heterocycles. The van der Waals surface area contributed by atoms with Gasteiger partial charge < -0.3 is 0 Å². The lowest BCUT2D eigenvalue weighted by molar-refractivity contribution is -0.115. The number of amides is 1. The molecule has 0 radical (unpaired) electrons. The van der Waals surface area contributed by atoms with E-state index in [4.69, 9.17) is 5.10 Å². The van der Waals surface area contributed by atoms with Gasteiger partial charge in [0.25, 0.3) is 5.56 Å². The van der Waals surface area contributed by atoms with E-state index in [9.17, 15) is 9.59 Å². The Morgan fingerprint density at radius 2 is 1.74 bits per heavy atom. The molecule has 5 rings (SSSR count). The number of pyridine rings is 1. The first-order valence-corrected chi connectivity index (χ1v) is 11.8. The summed E-state index contributed by atoms with van der Waals surface area (Å²) in [5, 5.41) is 7.93. The lowest BCUT2D eigenvalue weighted by atomic mass is 9.89. The Hall–Kier alpha value is -4.32. The normalized spacial score (nSPS) is 11.2. The number of carbonyl (C=O) groups is 1. The minimum absolute atomic E-state index is 0.366. The number of nitrogens with one attached hydrogen (secondary N) is 1. The fourth-order valence-electron chi connectivity index (χ4n) is 4.65. The highest BCUT2D eigenvalue weighted by Gasteiger charge is 2.21. The molecule has 174 valence electrons. The van der Waals surface area contributed by atoms with Crippen LogP contribution in [-0.2, 0) is 17.6 Å². The van der Waals surface area contributed by atoms with Gasteiger partial charge in [0.2, 0.25) is 5.91 Å². The molecule has 0 aliphatic rings. The van der Waals surface area contributed by atoms with Crippen LogP contribution in [0.3, 0.4) is 0 Å². The smallest absolute Gasteiger partial charge is 0.274 e. The SMILES string of the molecule is CCc1ccc(-c2c(CC)ccc3c(=O)n(NC(C)=O)nc(-c4cccc5cnccc45)c23)cc1. The molecule has 1 amide bonds. The number of hydrogen-bond donors (Lipinski definition) is 1. The van der Waals surface area contributed by atoms with E-state index in [1.807, 2.05) is 42.6 Å². The lowest BCUT2D eigenvalue weighted by Crippen LogP contribution is -2.34. The van der Waals surface area contributed by atoms with E-state index in [1.54, 1.807) is 6.20 Å². The number of aryl methyl sites for hydroxylation is 2. The average molecular weight is 463 g/mol. The Kier molecular flexibility index (Phi) is 5.87. The molecule has 2 heterocycles. The van der Waals surface area contributed by atoms with Gasteiger partial charge in [0.05, 0.1) is 5.39 Å². The molecule has 0 aliphatic carbocycles. The molecule has 2 aromatic heterocycles. The van der Waals surface area contributed by atoms with Crippen molar-refractivity contribution in [1.29, 1.82) is 0 Å². The highest BCUT2D eigenvalue weighted by molar-refractivity contribution is 6.10. The first kappa shape index (κ1) is 22.5. The van der Waals surface area contributed by atoms with Crippen LogP contribution >= 0.6 is 0 Å². The van der Waals surface area contributed by atoms with Crippen molar-refractivity contribution in [3.05, 3.63) is 94.5 Å². The van der Waals surface area contributed by atoms with Crippen LogP contribution in [0, 0.1) is 0 Å². The third-order valence-corrected chi connectivity index (χ3v) is 6.38. The maximum absolute atomic E-state index is 13.5. The summed E-state index contributed by atoms with van der Waals surface area (Å²) in [6.07, 6.45) is 5.32. The monoisotopic (exact) mass is 462 g/mol. The number of nitrogens with zero attached hydrogens (tertiary/aromatic N) is 3. The van der Waals surface area contributed by atoms with E-state index in [1.165, 1.54) is 12.5 Å². The standard InChI is InChI=1S/C29H26N4O2/c1-4-19-9-11-21(12-10-19)26-20(5-2)13-14-25-27(26)28(32-33(29(25)35)31-18(3)34)24-8-6-7-22-17-30-16-15-23(22)24/h6-17H,4-5H2,1-3H3,(H,31,34). The van der Waals surface area contributed by atoms with E-state index in [0.29, 0.717) is 11.1 Å². The number of rotatable bonds is 5. The number of aromatic nitrogens is 3. The number of hydrogen-bond acceptors (Lipinski definition) is 4. The highest BCUT2D eigenvalue weighted by Crippen LogP contribution is 2.38.